The first-order valence-electron chi connectivity index (χ1n) is 6.49. The largest absolute Gasteiger partial charge is 0.324 e. The van der Waals surface area contributed by atoms with Crippen LogP contribution >= 0.6 is 11.8 Å². The van der Waals surface area contributed by atoms with Crippen molar-refractivity contribution >= 4 is 11.8 Å². The maximum atomic E-state index is 13.1. The van der Waals surface area contributed by atoms with E-state index in [0.29, 0.717) is 6.04 Å². The van der Waals surface area contributed by atoms with E-state index in [1.54, 1.807) is 12.1 Å². The van der Waals surface area contributed by atoms with Crippen LogP contribution in [0.1, 0.15) is 24.9 Å². The quantitative estimate of drug-likeness (QED) is 0.910. The van der Waals surface area contributed by atoms with Crippen LogP contribution in [0.25, 0.3) is 0 Å². The number of benzene rings is 1. The van der Waals surface area contributed by atoms with Gasteiger partial charge in [0, 0.05) is 36.7 Å². The van der Waals surface area contributed by atoms with E-state index >= 15 is 0 Å². The van der Waals surface area contributed by atoms with Gasteiger partial charge in [-0.2, -0.15) is 11.8 Å². The SMILES string of the molecule is CC1CSCCN1CCC(N)c1cccc(F)c1. The Kier molecular flexibility index (Phi) is 5.03. The van der Waals surface area contributed by atoms with Crippen molar-refractivity contribution in [2.75, 3.05) is 24.6 Å². The van der Waals surface area contributed by atoms with Gasteiger partial charge >= 0.3 is 0 Å². The van der Waals surface area contributed by atoms with Gasteiger partial charge in [0.25, 0.3) is 0 Å². The van der Waals surface area contributed by atoms with Crippen LogP contribution in [-0.4, -0.2) is 35.5 Å². The molecule has 2 N–H and O–H groups in total. The van der Waals surface area contributed by atoms with Gasteiger partial charge in [-0.25, -0.2) is 4.39 Å². The van der Waals surface area contributed by atoms with Gasteiger partial charge in [0.1, 0.15) is 5.82 Å². The van der Waals surface area contributed by atoms with E-state index in [1.165, 1.54) is 17.6 Å². The van der Waals surface area contributed by atoms with Crippen LogP contribution in [0.15, 0.2) is 24.3 Å². The van der Waals surface area contributed by atoms with Crippen molar-refractivity contribution < 1.29 is 4.39 Å². The third kappa shape index (κ3) is 3.70. The van der Waals surface area contributed by atoms with Crippen LogP contribution in [0.5, 0.6) is 0 Å². The fourth-order valence-electron chi connectivity index (χ4n) is 2.30. The topological polar surface area (TPSA) is 29.3 Å². The molecule has 2 unspecified atom stereocenters. The first-order valence-corrected chi connectivity index (χ1v) is 7.65. The Morgan fingerprint density at radius 3 is 3.11 bits per heavy atom. The van der Waals surface area contributed by atoms with Gasteiger partial charge < -0.3 is 5.73 Å². The Hall–Kier alpha value is -0.580. The van der Waals surface area contributed by atoms with Crippen molar-refractivity contribution in [2.45, 2.75) is 25.4 Å². The van der Waals surface area contributed by atoms with Crippen molar-refractivity contribution in [3.63, 3.8) is 0 Å². The first kappa shape index (κ1) is 13.8. The lowest BCUT2D eigenvalue weighted by molar-refractivity contribution is 0.224. The maximum absolute atomic E-state index is 13.1. The predicted molar refractivity (Wildman–Crippen MR) is 76.3 cm³/mol. The van der Waals surface area contributed by atoms with Crippen molar-refractivity contribution in [3.8, 4) is 0 Å². The molecule has 1 saturated heterocycles. The minimum atomic E-state index is -0.203. The molecule has 0 radical (unpaired) electrons. The normalized spacial score (nSPS) is 22.9. The molecule has 18 heavy (non-hydrogen) atoms. The molecule has 2 rings (SSSR count). The fourth-order valence-corrected chi connectivity index (χ4v) is 3.38. The molecule has 0 aromatic heterocycles. The van der Waals surface area contributed by atoms with Gasteiger partial charge in [-0.1, -0.05) is 12.1 Å². The van der Waals surface area contributed by atoms with Crippen molar-refractivity contribution in [3.05, 3.63) is 35.6 Å². The van der Waals surface area contributed by atoms with E-state index in [9.17, 15) is 4.39 Å². The molecule has 1 heterocycles. The number of rotatable bonds is 4. The van der Waals surface area contributed by atoms with Crippen LogP contribution < -0.4 is 5.73 Å². The second-order valence-electron chi connectivity index (χ2n) is 4.91. The van der Waals surface area contributed by atoms with Crippen LogP contribution in [0.4, 0.5) is 4.39 Å². The third-order valence-electron chi connectivity index (χ3n) is 3.51. The summed E-state index contributed by atoms with van der Waals surface area (Å²) < 4.78 is 13.1. The highest BCUT2D eigenvalue weighted by Crippen LogP contribution is 2.19. The van der Waals surface area contributed by atoms with Gasteiger partial charge in [0.05, 0.1) is 0 Å². The Morgan fingerprint density at radius 2 is 2.39 bits per heavy atom. The molecule has 1 aromatic carbocycles. The summed E-state index contributed by atoms with van der Waals surface area (Å²) in [5, 5.41) is 0. The van der Waals surface area contributed by atoms with Gasteiger partial charge in [-0.15, -0.1) is 0 Å². The molecule has 0 amide bonds. The third-order valence-corrected chi connectivity index (χ3v) is 4.70. The standard InChI is InChI=1S/C14H21FN2S/c1-11-10-18-8-7-17(11)6-5-14(16)12-3-2-4-13(15)9-12/h2-4,9,11,14H,5-8,10,16H2,1H3. The van der Waals surface area contributed by atoms with E-state index in [2.05, 4.69) is 11.8 Å². The zero-order chi connectivity index (χ0) is 13.0. The summed E-state index contributed by atoms with van der Waals surface area (Å²) in [7, 11) is 0. The number of nitrogens with zero attached hydrogens (tertiary/aromatic N) is 1. The summed E-state index contributed by atoms with van der Waals surface area (Å²) in [6.07, 6.45) is 0.887. The van der Waals surface area contributed by atoms with Crippen molar-refractivity contribution in [1.82, 2.24) is 4.90 Å². The predicted octanol–water partition coefficient (Wildman–Crippen LogP) is 2.65. The molecule has 4 heteroatoms. The summed E-state index contributed by atoms with van der Waals surface area (Å²) in [4.78, 5) is 2.48. The summed E-state index contributed by atoms with van der Waals surface area (Å²) in [5.41, 5.74) is 7.03. The molecule has 1 aromatic rings. The molecule has 0 spiro atoms. The first-order chi connectivity index (χ1) is 8.66. The Bertz CT molecular complexity index is 386. The summed E-state index contributed by atoms with van der Waals surface area (Å²) >= 11 is 2.02. The lowest BCUT2D eigenvalue weighted by atomic mass is 10.0. The number of thioether (sulfide) groups is 1. The number of halogens is 1. The van der Waals surface area contributed by atoms with Crippen LogP contribution in [0.3, 0.4) is 0 Å². The van der Waals surface area contributed by atoms with E-state index < -0.39 is 0 Å². The van der Waals surface area contributed by atoms with Crippen molar-refractivity contribution in [1.29, 1.82) is 0 Å². The molecule has 0 bridgehead atoms. The summed E-state index contributed by atoms with van der Waals surface area (Å²) in [5.74, 6) is 2.21. The van der Waals surface area contributed by atoms with E-state index in [1.807, 2.05) is 17.8 Å². The average molecular weight is 268 g/mol. The Balaban J connectivity index is 1.86. The highest BCUT2D eigenvalue weighted by Gasteiger charge is 2.19. The zero-order valence-corrected chi connectivity index (χ0v) is 11.6. The molecule has 100 valence electrons. The highest BCUT2D eigenvalue weighted by molar-refractivity contribution is 7.99. The number of hydrogen-bond donors (Lipinski definition) is 1. The number of hydrogen-bond acceptors (Lipinski definition) is 3. The van der Waals surface area contributed by atoms with Crippen molar-refractivity contribution in [2.24, 2.45) is 5.73 Å². The van der Waals surface area contributed by atoms with Gasteiger partial charge in [0.15, 0.2) is 0 Å². The van der Waals surface area contributed by atoms with E-state index in [4.69, 9.17) is 5.73 Å². The second-order valence-corrected chi connectivity index (χ2v) is 6.06. The molecule has 1 aliphatic heterocycles. The van der Waals surface area contributed by atoms with E-state index in [0.717, 1.165) is 25.1 Å². The molecule has 2 atom stereocenters. The molecule has 1 fully saturated rings. The molecular weight excluding hydrogens is 247 g/mol. The Labute approximate surface area is 113 Å². The van der Waals surface area contributed by atoms with Crippen LogP contribution in [0.2, 0.25) is 0 Å². The van der Waals surface area contributed by atoms with Gasteiger partial charge in [0.2, 0.25) is 0 Å². The molecule has 1 aliphatic rings. The van der Waals surface area contributed by atoms with Gasteiger partial charge in [-0.3, -0.25) is 4.90 Å². The molecule has 0 saturated carbocycles. The minimum absolute atomic E-state index is 0.0671. The van der Waals surface area contributed by atoms with Crippen LogP contribution in [0, 0.1) is 5.82 Å². The average Bonchev–Trinajstić information content (AvgIpc) is 2.37. The zero-order valence-electron chi connectivity index (χ0n) is 10.8. The second kappa shape index (κ2) is 6.55. The Morgan fingerprint density at radius 1 is 1.56 bits per heavy atom. The molecular formula is C14H21FN2S. The maximum Gasteiger partial charge on any atom is 0.123 e. The van der Waals surface area contributed by atoms with Crippen LogP contribution in [-0.2, 0) is 0 Å². The lowest BCUT2D eigenvalue weighted by Gasteiger charge is -2.33. The van der Waals surface area contributed by atoms with Gasteiger partial charge in [-0.05, 0) is 31.0 Å². The van der Waals surface area contributed by atoms with E-state index in [-0.39, 0.29) is 11.9 Å². The summed E-state index contributed by atoms with van der Waals surface area (Å²) in [6.45, 7) is 4.40. The highest BCUT2D eigenvalue weighted by atomic mass is 32.2. The fraction of sp³-hybridized carbons (Fsp3) is 0.571. The smallest absolute Gasteiger partial charge is 0.123 e. The minimum Gasteiger partial charge on any atom is -0.324 e. The lowest BCUT2D eigenvalue weighted by Crippen LogP contribution is -2.41. The number of nitrogens with two attached hydrogens (primary N) is 1. The molecule has 0 aliphatic carbocycles. The summed E-state index contributed by atoms with van der Waals surface area (Å²) in [6, 6.07) is 7.19. The monoisotopic (exact) mass is 268 g/mol. The molecule has 2 nitrogen and oxygen atoms in total.